The lowest BCUT2D eigenvalue weighted by Crippen LogP contribution is -2.48. The SMILES string of the molecule is O=C([O-])C1C2CCC(O2)C1C(=O)NCc1ccncc1. The normalized spacial score (nSPS) is 31.2. The fourth-order valence-corrected chi connectivity index (χ4v) is 3.12. The summed E-state index contributed by atoms with van der Waals surface area (Å²) in [4.78, 5) is 27.3. The number of nitrogens with one attached hydrogen (secondary N) is 1. The van der Waals surface area contributed by atoms with Crippen LogP contribution in [0.1, 0.15) is 18.4 Å². The number of aliphatic carboxylic acids is 1. The number of rotatable bonds is 4. The molecule has 1 amide bonds. The van der Waals surface area contributed by atoms with Crippen molar-refractivity contribution >= 4 is 11.9 Å². The number of ether oxygens (including phenoxy) is 1. The number of hydrogen-bond donors (Lipinski definition) is 1. The summed E-state index contributed by atoms with van der Waals surface area (Å²) in [7, 11) is 0. The predicted octanol–water partition coefficient (Wildman–Crippen LogP) is -0.759. The van der Waals surface area contributed by atoms with E-state index in [2.05, 4.69) is 10.3 Å². The third kappa shape index (κ3) is 2.27. The molecule has 0 aliphatic carbocycles. The summed E-state index contributed by atoms with van der Waals surface area (Å²) in [5.74, 6) is -2.93. The largest absolute Gasteiger partial charge is 0.550 e. The molecule has 1 N–H and O–H groups in total. The van der Waals surface area contributed by atoms with Crippen LogP contribution in [0.3, 0.4) is 0 Å². The molecule has 4 atom stereocenters. The molecule has 0 saturated carbocycles. The van der Waals surface area contributed by atoms with Gasteiger partial charge in [0, 0.05) is 30.8 Å². The van der Waals surface area contributed by atoms with Gasteiger partial charge in [0.25, 0.3) is 0 Å². The lowest BCUT2D eigenvalue weighted by molar-refractivity contribution is -0.314. The molecule has 0 radical (unpaired) electrons. The predicted molar refractivity (Wildman–Crippen MR) is 66.0 cm³/mol. The first-order valence-corrected chi connectivity index (χ1v) is 6.70. The summed E-state index contributed by atoms with van der Waals surface area (Å²) >= 11 is 0. The van der Waals surface area contributed by atoms with Crippen molar-refractivity contribution in [1.82, 2.24) is 10.3 Å². The zero-order chi connectivity index (χ0) is 14.1. The molecule has 6 nitrogen and oxygen atoms in total. The van der Waals surface area contributed by atoms with Crippen LogP contribution in [0.2, 0.25) is 0 Å². The first-order chi connectivity index (χ1) is 9.66. The molecular weight excluding hydrogens is 260 g/mol. The molecule has 1 aromatic heterocycles. The standard InChI is InChI=1S/C14H16N2O4/c17-13(16-7-8-3-5-15-6-4-8)11-9-1-2-10(20-9)12(11)14(18)19/h3-6,9-12H,1-2,7H2,(H,16,17)(H,18,19)/p-1. The lowest BCUT2D eigenvalue weighted by Gasteiger charge is -2.27. The van der Waals surface area contributed by atoms with E-state index in [1.165, 1.54) is 0 Å². The zero-order valence-electron chi connectivity index (χ0n) is 10.8. The van der Waals surface area contributed by atoms with Gasteiger partial charge in [0.2, 0.25) is 5.91 Å². The summed E-state index contributed by atoms with van der Waals surface area (Å²) in [6.45, 7) is 0.356. The maximum atomic E-state index is 12.2. The molecule has 6 heteroatoms. The molecule has 0 spiro atoms. The molecule has 3 heterocycles. The van der Waals surface area contributed by atoms with Crippen molar-refractivity contribution in [3.8, 4) is 0 Å². The highest BCUT2D eigenvalue weighted by Gasteiger charge is 2.52. The van der Waals surface area contributed by atoms with Gasteiger partial charge in [-0.05, 0) is 30.5 Å². The van der Waals surface area contributed by atoms with E-state index in [0.717, 1.165) is 12.0 Å². The molecule has 2 fully saturated rings. The van der Waals surface area contributed by atoms with Crippen LogP contribution in [0, 0.1) is 11.8 Å². The molecule has 2 aliphatic rings. The Hall–Kier alpha value is -1.95. The molecule has 3 rings (SSSR count). The van der Waals surface area contributed by atoms with E-state index in [0.29, 0.717) is 13.0 Å². The Kier molecular flexibility index (Phi) is 3.40. The van der Waals surface area contributed by atoms with Crippen molar-refractivity contribution < 1.29 is 19.4 Å². The highest BCUT2D eigenvalue weighted by Crippen LogP contribution is 2.43. The van der Waals surface area contributed by atoms with Crippen molar-refractivity contribution in [2.24, 2.45) is 11.8 Å². The number of nitrogens with zero attached hydrogens (tertiary/aromatic N) is 1. The number of fused-ring (bicyclic) bond motifs is 2. The van der Waals surface area contributed by atoms with E-state index in [4.69, 9.17) is 4.74 Å². The Morgan fingerprint density at radius 1 is 1.25 bits per heavy atom. The summed E-state index contributed by atoms with van der Waals surface area (Å²) < 4.78 is 5.54. The Bertz CT molecular complexity index is 519. The van der Waals surface area contributed by atoms with Crippen molar-refractivity contribution in [3.63, 3.8) is 0 Å². The Labute approximate surface area is 116 Å². The number of carbonyl (C=O) groups is 2. The van der Waals surface area contributed by atoms with Gasteiger partial charge in [-0.15, -0.1) is 0 Å². The number of hydrogen-bond acceptors (Lipinski definition) is 5. The minimum absolute atomic E-state index is 0.275. The van der Waals surface area contributed by atoms with Gasteiger partial charge in [-0.2, -0.15) is 0 Å². The summed E-state index contributed by atoms with van der Waals surface area (Å²) in [6.07, 6.45) is 4.05. The number of carbonyl (C=O) groups excluding carboxylic acids is 2. The Balaban J connectivity index is 1.66. The molecule has 106 valence electrons. The van der Waals surface area contributed by atoms with Crippen LogP contribution in [0.15, 0.2) is 24.5 Å². The molecule has 2 saturated heterocycles. The van der Waals surface area contributed by atoms with E-state index in [-0.39, 0.29) is 18.1 Å². The van der Waals surface area contributed by atoms with Crippen LogP contribution in [0.4, 0.5) is 0 Å². The van der Waals surface area contributed by atoms with E-state index in [1.54, 1.807) is 24.5 Å². The van der Waals surface area contributed by atoms with E-state index < -0.39 is 17.8 Å². The molecule has 2 bridgehead atoms. The highest BCUT2D eigenvalue weighted by molar-refractivity contribution is 5.86. The van der Waals surface area contributed by atoms with Gasteiger partial charge in [-0.3, -0.25) is 9.78 Å². The van der Waals surface area contributed by atoms with Gasteiger partial charge in [0.1, 0.15) is 0 Å². The van der Waals surface area contributed by atoms with Crippen LogP contribution in [-0.4, -0.2) is 29.1 Å². The van der Waals surface area contributed by atoms with E-state index in [1.807, 2.05) is 0 Å². The first kappa shape index (κ1) is 13.1. The fraction of sp³-hybridized carbons (Fsp3) is 0.500. The monoisotopic (exact) mass is 275 g/mol. The third-order valence-corrected chi connectivity index (χ3v) is 4.06. The number of pyridine rings is 1. The molecular formula is C14H15N2O4-. The van der Waals surface area contributed by atoms with E-state index in [9.17, 15) is 14.7 Å². The average molecular weight is 275 g/mol. The second kappa shape index (κ2) is 5.20. The first-order valence-electron chi connectivity index (χ1n) is 6.70. The third-order valence-electron chi connectivity index (χ3n) is 4.06. The van der Waals surface area contributed by atoms with Crippen molar-refractivity contribution in [2.75, 3.05) is 0 Å². The smallest absolute Gasteiger partial charge is 0.226 e. The number of carboxylic acids is 1. The number of amides is 1. The fourth-order valence-electron chi connectivity index (χ4n) is 3.12. The molecule has 20 heavy (non-hydrogen) atoms. The van der Waals surface area contributed by atoms with Crippen molar-refractivity contribution in [3.05, 3.63) is 30.1 Å². The second-order valence-corrected chi connectivity index (χ2v) is 5.23. The van der Waals surface area contributed by atoms with Crippen molar-refractivity contribution in [2.45, 2.75) is 31.6 Å². The van der Waals surface area contributed by atoms with Crippen LogP contribution >= 0.6 is 0 Å². The zero-order valence-corrected chi connectivity index (χ0v) is 10.8. The Morgan fingerprint density at radius 3 is 2.55 bits per heavy atom. The molecule has 0 aromatic carbocycles. The van der Waals surface area contributed by atoms with Crippen LogP contribution in [0.25, 0.3) is 0 Å². The van der Waals surface area contributed by atoms with Crippen LogP contribution < -0.4 is 10.4 Å². The number of aromatic nitrogens is 1. The highest BCUT2D eigenvalue weighted by atomic mass is 16.5. The van der Waals surface area contributed by atoms with Crippen molar-refractivity contribution in [1.29, 1.82) is 0 Å². The average Bonchev–Trinajstić information content (AvgIpc) is 3.06. The quantitative estimate of drug-likeness (QED) is 0.780. The maximum absolute atomic E-state index is 12.2. The maximum Gasteiger partial charge on any atom is 0.226 e. The van der Waals surface area contributed by atoms with Gasteiger partial charge in [0.15, 0.2) is 0 Å². The van der Waals surface area contributed by atoms with Gasteiger partial charge < -0.3 is 20.0 Å². The van der Waals surface area contributed by atoms with Gasteiger partial charge in [0.05, 0.1) is 18.1 Å². The minimum atomic E-state index is -1.19. The Morgan fingerprint density at radius 2 is 1.90 bits per heavy atom. The summed E-state index contributed by atoms with van der Waals surface area (Å²) in [5.41, 5.74) is 0.919. The van der Waals surface area contributed by atoms with Gasteiger partial charge >= 0.3 is 0 Å². The lowest BCUT2D eigenvalue weighted by atomic mass is 9.78. The summed E-state index contributed by atoms with van der Waals surface area (Å²) in [5, 5.41) is 14.0. The van der Waals surface area contributed by atoms with Crippen LogP contribution in [0.5, 0.6) is 0 Å². The molecule has 4 unspecified atom stereocenters. The second-order valence-electron chi connectivity index (χ2n) is 5.23. The minimum Gasteiger partial charge on any atom is -0.550 e. The van der Waals surface area contributed by atoms with Crippen LogP contribution in [-0.2, 0) is 20.9 Å². The summed E-state index contributed by atoms with van der Waals surface area (Å²) in [6, 6.07) is 3.60. The van der Waals surface area contributed by atoms with E-state index >= 15 is 0 Å². The number of carboxylic acid groups (broad SMARTS) is 1. The van der Waals surface area contributed by atoms with Gasteiger partial charge in [-0.1, -0.05) is 0 Å². The van der Waals surface area contributed by atoms with Gasteiger partial charge in [-0.25, -0.2) is 0 Å². The molecule has 1 aromatic rings. The topological polar surface area (TPSA) is 91.4 Å². The molecule has 2 aliphatic heterocycles.